The smallest absolute Gasteiger partial charge is 0.348 e. The van der Waals surface area contributed by atoms with Crippen LogP contribution < -0.4 is 15.2 Å². The van der Waals surface area contributed by atoms with Gasteiger partial charge in [0.2, 0.25) is 6.10 Å². The molecular formula is C21H22N4O4S. The molecule has 2 aliphatic rings. The van der Waals surface area contributed by atoms with Crippen LogP contribution in [0.25, 0.3) is 5.00 Å². The summed E-state index contributed by atoms with van der Waals surface area (Å²) >= 11 is 1.51. The van der Waals surface area contributed by atoms with Crippen molar-refractivity contribution in [2.75, 3.05) is 19.7 Å². The summed E-state index contributed by atoms with van der Waals surface area (Å²) in [6.45, 7) is 1.56. The second kappa shape index (κ2) is 7.98. The molecule has 1 N–H and O–H groups in total. The van der Waals surface area contributed by atoms with E-state index in [0.29, 0.717) is 36.9 Å². The number of aromatic nitrogens is 3. The monoisotopic (exact) mass is 426 g/mol. The number of aromatic amines is 1. The first-order valence-corrected chi connectivity index (χ1v) is 10.9. The maximum atomic E-state index is 12.9. The standard InChI is InChI=1S/C21H22N4O4S/c26-20(17-13-28-15-4-1-2-5-16(15)29-17)24-9-7-14(8-10-24)12-18-22-23-21(27)25(18)19-6-3-11-30-19/h1-6,11,14,17H,7-10,12-13H2,(H,23,27). The number of hydrogen-bond donors (Lipinski definition) is 1. The first-order valence-electron chi connectivity index (χ1n) is 10.1. The zero-order valence-electron chi connectivity index (χ0n) is 16.3. The van der Waals surface area contributed by atoms with E-state index in [2.05, 4.69) is 10.2 Å². The van der Waals surface area contributed by atoms with Gasteiger partial charge in [0.15, 0.2) is 11.5 Å². The predicted octanol–water partition coefficient (Wildman–Crippen LogP) is 2.24. The average Bonchev–Trinajstić information content (AvgIpc) is 3.43. The fourth-order valence-electron chi connectivity index (χ4n) is 4.05. The van der Waals surface area contributed by atoms with Gasteiger partial charge in [-0.3, -0.25) is 4.79 Å². The van der Waals surface area contributed by atoms with E-state index in [1.807, 2.05) is 46.7 Å². The Morgan fingerprint density at radius 2 is 1.97 bits per heavy atom. The van der Waals surface area contributed by atoms with Crippen molar-refractivity contribution < 1.29 is 14.3 Å². The van der Waals surface area contributed by atoms with Gasteiger partial charge in [-0.2, -0.15) is 5.10 Å². The van der Waals surface area contributed by atoms with Crippen molar-refractivity contribution in [1.29, 1.82) is 0 Å². The molecule has 1 unspecified atom stereocenters. The van der Waals surface area contributed by atoms with Crippen LogP contribution in [0.2, 0.25) is 0 Å². The second-order valence-corrected chi connectivity index (χ2v) is 8.49. The lowest BCUT2D eigenvalue weighted by Crippen LogP contribution is -2.49. The third-order valence-electron chi connectivity index (χ3n) is 5.65. The lowest BCUT2D eigenvalue weighted by molar-refractivity contribution is -0.142. The number of H-pyrrole nitrogens is 1. The zero-order chi connectivity index (χ0) is 20.5. The van der Waals surface area contributed by atoms with E-state index in [9.17, 15) is 9.59 Å². The molecule has 0 saturated carbocycles. The number of carbonyl (C=O) groups is 1. The van der Waals surface area contributed by atoms with Crippen LogP contribution in [-0.2, 0) is 11.2 Å². The number of ether oxygens (including phenoxy) is 2. The van der Waals surface area contributed by atoms with Crippen LogP contribution in [0.1, 0.15) is 18.7 Å². The fourth-order valence-corrected chi connectivity index (χ4v) is 4.80. The lowest BCUT2D eigenvalue weighted by Gasteiger charge is -2.35. The Hall–Kier alpha value is -3.07. The number of hydrogen-bond acceptors (Lipinski definition) is 6. The van der Waals surface area contributed by atoms with E-state index in [1.54, 1.807) is 4.57 Å². The van der Waals surface area contributed by atoms with Crippen molar-refractivity contribution >= 4 is 17.2 Å². The van der Waals surface area contributed by atoms with Gasteiger partial charge in [-0.05, 0) is 48.4 Å². The molecule has 5 rings (SSSR count). The zero-order valence-corrected chi connectivity index (χ0v) is 17.1. The van der Waals surface area contributed by atoms with E-state index in [-0.39, 0.29) is 18.2 Å². The molecule has 8 nitrogen and oxygen atoms in total. The molecule has 30 heavy (non-hydrogen) atoms. The van der Waals surface area contributed by atoms with Crippen LogP contribution >= 0.6 is 11.3 Å². The third-order valence-corrected chi connectivity index (χ3v) is 6.50. The van der Waals surface area contributed by atoms with Gasteiger partial charge in [-0.25, -0.2) is 14.5 Å². The highest BCUT2D eigenvalue weighted by Gasteiger charge is 2.33. The van der Waals surface area contributed by atoms with Crippen LogP contribution in [0.15, 0.2) is 46.6 Å². The first-order chi connectivity index (χ1) is 14.7. The molecule has 0 bridgehead atoms. The number of fused-ring (bicyclic) bond motifs is 1. The number of amides is 1. The van der Waals surface area contributed by atoms with Crippen molar-refractivity contribution in [2.24, 2.45) is 5.92 Å². The Kier molecular flexibility index (Phi) is 5.04. The van der Waals surface area contributed by atoms with Gasteiger partial charge in [0.05, 0.1) is 0 Å². The molecule has 0 radical (unpaired) electrons. The van der Waals surface area contributed by atoms with Gasteiger partial charge in [-0.15, -0.1) is 11.3 Å². The summed E-state index contributed by atoms with van der Waals surface area (Å²) in [6.07, 6.45) is 1.82. The molecule has 3 aromatic rings. The summed E-state index contributed by atoms with van der Waals surface area (Å²) in [7, 11) is 0. The quantitative estimate of drug-likeness (QED) is 0.691. The molecule has 1 aromatic carbocycles. The third kappa shape index (κ3) is 3.60. The SMILES string of the molecule is O=C(C1COc2ccccc2O1)N1CCC(Cc2n[nH]c(=O)n2-c2cccs2)CC1. The van der Waals surface area contributed by atoms with Crippen molar-refractivity contribution in [1.82, 2.24) is 19.7 Å². The van der Waals surface area contributed by atoms with Crippen LogP contribution in [-0.4, -0.2) is 51.4 Å². The molecule has 156 valence electrons. The lowest BCUT2D eigenvalue weighted by atomic mass is 9.93. The van der Waals surface area contributed by atoms with Crippen LogP contribution in [0, 0.1) is 5.92 Å². The van der Waals surface area contributed by atoms with E-state index < -0.39 is 6.10 Å². The Morgan fingerprint density at radius 3 is 2.73 bits per heavy atom. The topological polar surface area (TPSA) is 89.5 Å². The Labute approximate surface area is 177 Å². The van der Waals surface area contributed by atoms with Crippen LogP contribution in [0.3, 0.4) is 0 Å². The molecule has 4 heterocycles. The number of carbonyl (C=O) groups excluding carboxylic acids is 1. The predicted molar refractivity (Wildman–Crippen MR) is 111 cm³/mol. The normalized spacial score (nSPS) is 19.1. The van der Waals surface area contributed by atoms with Crippen LogP contribution in [0.5, 0.6) is 11.5 Å². The molecule has 1 fully saturated rings. The van der Waals surface area contributed by atoms with Crippen LogP contribution in [0.4, 0.5) is 0 Å². The number of nitrogens with zero attached hydrogens (tertiary/aromatic N) is 3. The number of piperidine rings is 1. The van der Waals surface area contributed by atoms with E-state index in [4.69, 9.17) is 9.47 Å². The average molecular weight is 426 g/mol. The van der Waals surface area contributed by atoms with Gasteiger partial charge in [0.25, 0.3) is 5.91 Å². The van der Waals surface area contributed by atoms with Gasteiger partial charge in [-0.1, -0.05) is 12.1 Å². The van der Waals surface area contributed by atoms with Crippen molar-refractivity contribution in [2.45, 2.75) is 25.4 Å². The van der Waals surface area contributed by atoms with E-state index in [0.717, 1.165) is 23.7 Å². The molecule has 1 saturated heterocycles. The second-order valence-electron chi connectivity index (χ2n) is 7.57. The van der Waals surface area contributed by atoms with Gasteiger partial charge in [0, 0.05) is 19.5 Å². The maximum absolute atomic E-state index is 12.9. The van der Waals surface area contributed by atoms with E-state index >= 15 is 0 Å². The maximum Gasteiger partial charge on any atom is 0.348 e. The Balaban J connectivity index is 1.20. The number of thiophene rings is 1. The minimum atomic E-state index is -0.605. The molecule has 0 spiro atoms. The molecule has 1 atom stereocenters. The summed E-state index contributed by atoms with van der Waals surface area (Å²) in [6, 6.07) is 11.2. The molecular weight excluding hydrogens is 404 g/mol. The number of benzene rings is 1. The molecule has 2 aromatic heterocycles. The number of para-hydroxylation sites is 2. The fraction of sp³-hybridized carbons (Fsp3) is 0.381. The van der Waals surface area contributed by atoms with Crippen molar-refractivity contribution in [3.63, 3.8) is 0 Å². The largest absolute Gasteiger partial charge is 0.485 e. The highest BCUT2D eigenvalue weighted by atomic mass is 32.1. The summed E-state index contributed by atoms with van der Waals surface area (Å²) in [5.41, 5.74) is -0.213. The van der Waals surface area contributed by atoms with Gasteiger partial charge in [0.1, 0.15) is 17.4 Å². The minimum absolute atomic E-state index is 0.0294. The number of likely N-dealkylation sites (tertiary alicyclic amines) is 1. The molecule has 9 heteroatoms. The number of rotatable bonds is 4. The molecule has 0 aliphatic carbocycles. The van der Waals surface area contributed by atoms with Gasteiger partial charge >= 0.3 is 5.69 Å². The summed E-state index contributed by atoms with van der Waals surface area (Å²) in [5.74, 6) is 2.37. The van der Waals surface area contributed by atoms with Crippen molar-refractivity contribution in [3.8, 4) is 16.5 Å². The number of nitrogens with one attached hydrogen (secondary N) is 1. The van der Waals surface area contributed by atoms with Gasteiger partial charge < -0.3 is 14.4 Å². The summed E-state index contributed by atoms with van der Waals surface area (Å²) in [4.78, 5) is 26.9. The Morgan fingerprint density at radius 1 is 1.17 bits per heavy atom. The molecule has 1 amide bonds. The first kappa shape index (κ1) is 18.9. The minimum Gasteiger partial charge on any atom is -0.485 e. The Bertz CT molecular complexity index is 1080. The summed E-state index contributed by atoms with van der Waals surface area (Å²) in [5, 5.41) is 9.60. The van der Waals surface area contributed by atoms with E-state index in [1.165, 1.54) is 11.3 Å². The highest BCUT2D eigenvalue weighted by molar-refractivity contribution is 7.12. The molecule has 2 aliphatic heterocycles. The van der Waals surface area contributed by atoms with Crippen molar-refractivity contribution in [3.05, 3.63) is 58.1 Å². The highest BCUT2D eigenvalue weighted by Crippen LogP contribution is 2.32. The summed E-state index contributed by atoms with van der Waals surface area (Å²) < 4.78 is 13.2.